The van der Waals surface area contributed by atoms with Crippen molar-refractivity contribution >= 4 is 30.6 Å². The number of hydrogen-bond acceptors (Lipinski definition) is 5. The highest BCUT2D eigenvalue weighted by Crippen LogP contribution is 2.17. The zero-order valence-corrected chi connectivity index (χ0v) is 16.0. The first-order chi connectivity index (χ1) is 11.3. The molecule has 0 aromatic carbocycles. The second kappa shape index (κ2) is 10.4. The van der Waals surface area contributed by atoms with Crippen LogP contribution in [-0.2, 0) is 19.4 Å². The molecule has 0 atom stereocenters. The van der Waals surface area contributed by atoms with E-state index in [1.807, 2.05) is 17.6 Å². The van der Waals surface area contributed by atoms with Gasteiger partial charge in [0.15, 0.2) is 0 Å². The second-order valence-electron chi connectivity index (χ2n) is 5.83. The molecule has 138 valence electrons. The van der Waals surface area contributed by atoms with Crippen LogP contribution >= 0.6 is 24.8 Å². The summed E-state index contributed by atoms with van der Waals surface area (Å²) < 4.78 is 1.81. The van der Waals surface area contributed by atoms with Gasteiger partial charge in [-0.2, -0.15) is 0 Å². The van der Waals surface area contributed by atoms with Crippen molar-refractivity contribution in [3.8, 4) is 0 Å². The summed E-state index contributed by atoms with van der Waals surface area (Å²) in [5, 5.41) is 6.80. The van der Waals surface area contributed by atoms with E-state index in [4.69, 9.17) is 0 Å². The van der Waals surface area contributed by atoms with Gasteiger partial charge in [-0.25, -0.2) is 9.97 Å². The number of halogens is 2. The van der Waals surface area contributed by atoms with Gasteiger partial charge in [-0.15, -0.1) is 24.8 Å². The van der Waals surface area contributed by atoms with Gasteiger partial charge in [-0.1, -0.05) is 6.07 Å². The van der Waals surface area contributed by atoms with Crippen molar-refractivity contribution < 1.29 is 0 Å². The third-order valence-corrected chi connectivity index (χ3v) is 4.24. The zero-order valence-electron chi connectivity index (χ0n) is 14.3. The molecule has 6 nitrogen and oxygen atoms in total. The molecule has 2 aromatic rings. The summed E-state index contributed by atoms with van der Waals surface area (Å²) in [7, 11) is 0. The Hall–Kier alpha value is -1.63. The molecular weight excluding hydrogens is 361 g/mol. The van der Waals surface area contributed by atoms with E-state index in [1.54, 1.807) is 18.5 Å². The molecule has 0 spiro atoms. The van der Waals surface area contributed by atoms with Gasteiger partial charge in [0.25, 0.3) is 5.56 Å². The second-order valence-corrected chi connectivity index (χ2v) is 5.83. The molecule has 0 bridgehead atoms. The maximum absolute atomic E-state index is 11.8. The first kappa shape index (κ1) is 21.4. The van der Waals surface area contributed by atoms with Crippen LogP contribution in [0.25, 0.3) is 0 Å². The minimum Gasteiger partial charge on any atom is -0.370 e. The van der Waals surface area contributed by atoms with Crippen LogP contribution in [-0.4, -0.2) is 34.2 Å². The summed E-state index contributed by atoms with van der Waals surface area (Å²) in [6, 6.07) is 5.38. The van der Waals surface area contributed by atoms with E-state index in [-0.39, 0.29) is 30.4 Å². The van der Waals surface area contributed by atoms with Crippen molar-refractivity contribution in [1.82, 2.24) is 19.9 Å². The highest BCUT2D eigenvalue weighted by molar-refractivity contribution is 5.85. The summed E-state index contributed by atoms with van der Waals surface area (Å²) >= 11 is 0. The maximum atomic E-state index is 11.8. The minimum atomic E-state index is 0. The minimum absolute atomic E-state index is 0. The number of rotatable bonds is 5. The average Bonchev–Trinajstić information content (AvgIpc) is 2.79. The number of nitrogens with zero attached hydrogens (tertiary/aromatic N) is 3. The molecule has 25 heavy (non-hydrogen) atoms. The third kappa shape index (κ3) is 5.42. The van der Waals surface area contributed by atoms with Crippen LogP contribution in [0.3, 0.4) is 0 Å². The van der Waals surface area contributed by atoms with Gasteiger partial charge in [0.2, 0.25) is 0 Å². The maximum Gasteiger partial charge on any atom is 0.250 e. The molecule has 0 radical (unpaired) electrons. The Balaban J connectivity index is 0.00000156. The first-order valence-corrected chi connectivity index (χ1v) is 8.19. The Morgan fingerprint density at radius 2 is 2.00 bits per heavy atom. The molecule has 1 aliphatic rings. The van der Waals surface area contributed by atoms with E-state index in [2.05, 4.69) is 20.6 Å². The predicted octanol–water partition coefficient (Wildman–Crippen LogP) is 1.98. The SMILES string of the molecule is Cc1cccc(=O)n1CCCNc1ncnc2c1CCNCC2.Cl.Cl. The van der Waals surface area contributed by atoms with Gasteiger partial charge >= 0.3 is 0 Å². The molecule has 0 aliphatic carbocycles. The number of nitrogens with one attached hydrogen (secondary N) is 2. The van der Waals surface area contributed by atoms with Gasteiger partial charge in [0.05, 0.1) is 5.69 Å². The fraction of sp³-hybridized carbons (Fsp3) is 0.471. The fourth-order valence-corrected chi connectivity index (χ4v) is 2.98. The highest BCUT2D eigenvalue weighted by atomic mass is 35.5. The van der Waals surface area contributed by atoms with E-state index in [1.165, 1.54) is 5.56 Å². The molecule has 0 amide bonds. The summed E-state index contributed by atoms with van der Waals surface area (Å²) in [5.74, 6) is 0.941. The lowest BCUT2D eigenvalue weighted by molar-refractivity contribution is 0.621. The van der Waals surface area contributed by atoms with Crippen LogP contribution in [0.1, 0.15) is 23.4 Å². The summed E-state index contributed by atoms with van der Waals surface area (Å²) in [6.45, 7) is 5.41. The predicted molar refractivity (Wildman–Crippen MR) is 105 cm³/mol. The van der Waals surface area contributed by atoms with Crippen molar-refractivity contribution in [3.05, 3.63) is 51.8 Å². The fourth-order valence-electron chi connectivity index (χ4n) is 2.98. The average molecular weight is 386 g/mol. The van der Waals surface area contributed by atoms with Gasteiger partial charge < -0.3 is 15.2 Å². The molecule has 0 saturated heterocycles. The van der Waals surface area contributed by atoms with E-state index in [0.29, 0.717) is 6.54 Å². The van der Waals surface area contributed by atoms with Crippen LogP contribution in [0, 0.1) is 6.92 Å². The van der Waals surface area contributed by atoms with E-state index < -0.39 is 0 Å². The van der Waals surface area contributed by atoms with Crippen LogP contribution in [0.2, 0.25) is 0 Å². The normalized spacial score (nSPS) is 13.0. The van der Waals surface area contributed by atoms with E-state index >= 15 is 0 Å². The third-order valence-electron chi connectivity index (χ3n) is 4.24. The Kier molecular flexibility index (Phi) is 8.89. The van der Waals surface area contributed by atoms with E-state index in [0.717, 1.165) is 56.1 Å². The van der Waals surface area contributed by atoms with Crippen molar-refractivity contribution in [2.75, 3.05) is 25.0 Å². The number of fused-ring (bicyclic) bond motifs is 1. The molecule has 3 heterocycles. The quantitative estimate of drug-likeness (QED) is 0.769. The smallest absolute Gasteiger partial charge is 0.250 e. The number of pyridine rings is 1. The van der Waals surface area contributed by atoms with Crippen LogP contribution in [0.5, 0.6) is 0 Å². The van der Waals surface area contributed by atoms with Crippen molar-refractivity contribution in [2.24, 2.45) is 0 Å². The molecule has 1 aliphatic heterocycles. The molecule has 0 saturated carbocycles. The van der Waals surface area contributed by atoms with Crippen molar-refractivity contribution in [3.63, 3.8) is 0 Å². The number of aryl methyl sites for hydroxylation is 1. The van der Waals surface area contributed by atoms with Crippen molar-refractivity contribution in [2.45, 2.75) is 32.7 Å². The Morgan fingerprint density at radius 1 is 1.20 bits per heavy atom. The lowest BCUT2D eigenvalue weighted by Gasteiger charge is -2.13. The van der Waals surface area contributed by atoms with Crippen molar-refractivity contribution in [1.29, 1.82) is 0 Å². The topological polar surface area (TPSA) is 71.8 Å². The molecule has 8 heteroatoms. The van der Waals surface area contributed by atoms with Gasteiger partial charge in [0, 0.05) is 43.4 Å². The molecule has 2 N–H and O–H groups in total. The van der Waals surface area contributed by atoms with Gasteiger partial charge in [-0.3, -0.25) is 4.79 Å². The number of hydrogen-bond donors (Lipinski definition) is 2. The molecule has 0 unspecified atom stereocenters. The largest absolute Gasteiger partial charge is 0.370 e. The monoisotopic (exact) mass is 385 g/mol. The van der Waals surface area contributed by atoms with Crippen LogP contribution < -0.4 is 16.2 Å². The summed E-state index contributed by atoms with van der Waals surface area (Å²) in [6.07, 6.45) is 4.42. The zero-order chi connectivity index (χ0) is 16.1. The van der Waals surface area contributed by atoms with Crippen LogP contribution in [0.15, 0.2) is 29.3 Å². The number of aromatic nitrogens is 3. The van der Waals surface area contributed by atoms with Gasteiger partial charge in [-0.05, 0) is 32.4 Å². The lowest BCUT2D eigenvalue weighted by atomic mass is 10.1. The molecule has 2 aromatic heterocycles. The summed E-state index contributed by atoms with van der Waals surface area (Å²) in [4.78, 5) is 20.6. The summed E-state index contributed by atoms with van der Waals surface area (Å²) in [5.41, 5.74) is 3.43. The first-order valence-electron chi connectivity index (χ1n) is 8.19. The van der Waals surface area contributed by atoms with Gasteiger partial charge in [0.1, 0.15) is 12.1 Å². The Morgan fingerprint density at radius 3 is 2.80 bits per heavy atom. The Labute approximate surface area is 160 Å². The van der Waals surface area contributed by atoms with E-state index in [9.17, 15) is 4.79 Å². The Bertz CT molecular complexity index is 735. The molecule has 0 fully saturated rings. The molecule has 3 rings (SSSR count). The van der Waals surface area contributed by atoms with Crippen LogP contribution in [0.4, 0.5) is 5.82 Å². The highest BCUT2D eigenvalue weighted by Gasteiger charge is 2.13. The number of anilines is 1. The lowest BCUT2D eigenvalue weighted by Crippen LogP contribution is -2.22. The standard InChI is InChI=1S/C17H23N5O.2ClH/c1-13-4-2-5-16(23)22(13)11-3-8-19-17-14-6-9-18-10-7-15(14)20-12-21-17;;/h2,4-5,12,18H,3,6-11H2,1H3,(H,19,20,21);2*1H. The molecular formula is C17H25Cl2N5O.